The number of carbonyl (C=O) groups is 3. The van der Waals surface area contributed by atoms with Gasteiger partial charge in [0.25, 0.3) is 5.91 Å². The van der Waals surface area contributed by atoms with E-state index in [4.69, 9.17) is 14.2 Å². The third-order valence-electron chi connectivity index (χ3n) is 4.96. The van der Waals surface area contributed by atoms with Crippen molar-refractivity contribution >= 4 is 34.5 Å². The van der Waals surface area contributed by atoms with E-state index in [1.165, 1.54) is 0 Å². The molecule has 1 N–H and O–H groups in total. The van der Waals surface area contributed by atoms with Crippen LogP contribution in [0, 0.1) is 6.92 Å². The van der Waals surface area contributed by atoms with Gasteiger partial charge in [0.15, 0.2) is 6.61 Å². The molecule has 0 aliphatic carbocycles. The van der Waals surface area contributed by atoms with Gasteiger partial charge in [-0.05, 0) is 52.3 Å². The number of aromatic nitrogens is 1. The normalized spacial score (nSPS) is 11.4. The Bertz CT molecular complexity index is 1020. The highest BCUT2D eigenvalue weighted by molar-refractivity contribution is 6.06. The van der Waals surface area contributed by atoms with Gasteiger partial charge in [0.2, 0.25) is 0 Å². The molecule has 1 aromatic heterocycles. The average molecular weight is 460 g/mol. The Kier molecular flexibility index (Phi) is 9.90. The van der Waals surface area contributed by atoms with Crippen molar-refractivity contribution in [1.29, 1.82) is 0 Å². The van der Waals surface area contributed by atoms with Crippen molar-refractivity contribution in [1.82, 2.24) is 9.99 Å². The van der Waals surface area contributed by atoms with Crippen LogP contribution in [0.15, 0.2) is 23.3 Å². The molecule has 2 aromatic rings. The Morgan fingerprint density at radius 2 is 1.82 bits per heavy atom. The highest BCUT2D eigenvalue weighted by atomic mass is 16.5. The van der Waals surface area contributed by atoms with Gasteiger partial charge in [0.1, 0.15) is 5.75 Å². The highest BCUT2D eigenvalue weighted by Gasteiger charge is 2.21. The fourth-order valence-electron chi connectivity index (χ4n) is 3.42. The number of amides is 1. The maximum Gasteiger partial charge on any atom is 0.340 e. The third kappa shape index (κ3) is 7.06. The largest absolute Gasteiger partial charge is 0.484 e. The van der Waals surface area contributed by atoms with Crippen LogP contribution in [0.1, 0.15) is 63.0 Å². The Hall–Kier alpha value is -3.36. The van der Waals surface area contributed by atoms with E-state index in [0.717, 1.165) is 36.0 Å². The molecule has 0 saturated heterocycles. The maximum atomic E-state index is 12.6. The molecule has 9 heteroatoms. The lowest BCUT2D eigenvalue weighted by Gasteiger charge is -2.08. The lowest BCUT2D eigenvalue weighted by atomic mass is 10.1. The Morgan fingerprint density at radius 3 is 2.48 bits per heavy atom. The van der Waals surface area contributed by atoms with Crippen LogP contribution in [0.2, 0.25) is 0 Å². The molecule has 0 atom stereocenters. The van der Waals surface area contributed by atoms with E-state index in [0.29, 0.717) is 17.0 Å². The van der Waals surface area contributed by atoms with Gasteiger partial charge in [-0.1, -0.05) is 13.3 Å². The van der Waals surface area contributed by atoms with Crippen molar-refractivity contribution in [3.63, 3.8) is 0 Å². The molecule has 0 aliphatic heterocycles. The second-order valence-electron chi connectivity index (χ2n) is 7.52. The van der Waals surface area contributed by atoms with Crippen molar-refractivity contribution in [2.24, 2.45) is 5.10 Å². The predicted octanol–water partition coefficient (Wildman–Crippen LogP) is 3.75. The van der Waals surface area contributed by atoms with E-state index in [9.17, 15) is 14.4 Å². The Labute approximate surface area is 194 Å². The molecular weight excluding hydrogens is 426 g/mol. The summed E-state index contributed by atoms with van der Waals surface area (Å²) in [5.41, 5.74) is 5.05. The number of benzene rings is 1. The molecule has 1 amide bonds. The van der Waals surface area contributed by atoms with Gasteiger partial charge in [-0.2, -0.15) is 5.10 Å². The minimum Gasteiger partial charge on any atom is -0.484 e. The number of hydrogen-bond donors (Lipinski definition) is 1. The summed E-state index contributed by atoms with van der Waals surface area (Å²) in [6.07, 6.45) is 2.02. The summed E-state index contributed by atoms with van der Waals surface area (Å²) >= 11 is 0. The number of nitrogens with zero attached hydrogens (tertiary/aromatic N) is 2. The summed E-state index contributed by atoms with van der Waals surface area (Å²) in [5.74, 6) is -0.809. The quantitative estimate of drug-likeness (QED) is 0.294. The summed E-state index contributed by atoms with van der Waals surface area (Å²) in [5, 5.41) is 4.61. The van der Waals surface area contributed by atoms with Crippen LogP contribution in [0.5, 0.6) is 5.75 Å². The highest BCUT2D eigenvalue weighted by Crippen LogP contribution is 2.30. The van der Waals surface area contributed by atoms with Crippen LogP contribution in [0.4, 0.5) is 0 Å². The topological polar surface area (TPSA) is 108 Å². The number of nitrogens with one attached hydrogen (secondary N) is 1. The second-order valence-corrected chi connectivity index (χ2v) is 7.52. The van der Waals surface area contributed by atoms with E-state index in [-0.39, 0.29) is 32.2 Å². The number of rotatable bonds is 12. The zero-order valence-electron chi connectivity index (χ0n) is 20.0. The number of hydrazone groups is 1. The van der Waals surface area contributed by atoms with Gasteiger partial charge in [-0.3, -0.25) is 9.59 Å². The fraction of sp³-hybridized carbons (Fsp3) is 0.500. The number of esters is 2. The lowest BCUT2D eigenvalue weighted by Crippen LogP contribution is -2.26. The monoisotopic (exact) mass is 459 g/mol. The van der Waals surface area contributed by atoms with Gasteiger partial charge < -0.3 is 18.8 Å². The molecule has 1 aromatic carbocycles. The van der Waals surface area contributed by atoms with Gasteiger partial charge in [0.05, 0.1) is 25.2 Å². The zero-order chi connectivity index (χ0) is 24.4. The van der Waals surface area contributed by atoms with Crippen LogP contribution < -0.4 is 10.2 Å². The number of fused-ring (bicyclic) bond motifs is 1. The summed E-state index contributed by atoms with van der Waals surface area (Å²) in [6.45, 7) is 10.2. The van der Waals surface area contributed by atoms with Crippen molar-refractivity contribution < 1.29 is 28.6 Å². The van der Waals surface area contributed by atoms with Gasteiger partial charge in [-0.25, -0.2) is 10.2 Å². The molecule has 0 bridgehead atoms. The second kappa shape index (κ2) is 12.6. The molecule has 9 nitrogen and oxygen atoms in total. The van der Waals surface area contributed by atoms with Crippen molar-refractivity contribution in [2.45, 2.75) is 60.4 Å². The molecule has 0 spiro atoms. The van der Waals surface area contributed by atoms with Crippen LogP contribution in [-0.2, 0) is 25.6 Å². The van der Waals surface area contributed by atoms with Gasteiger partial charge in [-0.15, -0.1) is 0 Å². The molecular formula is C24H33N3O6. The van der Waals surface area contributed by atoms with Gasteiger partial charge in [0, 0.05) is 28.9 Å². The first-order chi connectivity index (χ1) is 15.8. The first-order valence-corrected chi connectivity index (χ1v) is 11.2. The first kappa shape index (κ1) is 25.9. The number of hydrogen-bond acceptors (Lipinski definition) is 7. The predicted molar refractivity (Wildman–Crippen MR) is 126 cm³/mol. The SMILES string of the molecule is CCCCn1c(C)c(C(=O)OCC)c2cc(OCC(=O)N/N=C(/C)CC(=O)OCC)ccc21. The average Bonchev–Trinajstić information content (AvgIpc) is 3.05. The van der Waals surface area contributed by atoms with E-state index < -0.39 is 11.9 Å². The number of carbonyl (C=O) groups excluding carboxylic acids is 3. The smallest absolute Gasteiger partial charge is 0.340 e. The van der Waals surface area contributed by atoms with Crippen LogP contribution in [0.25, 0.3) is 10.9 Å². The molecule has 1 heterocycles. The molecule has 0 fully saturated rings. The molecule has 0 radical (unpaired) electrons. The van der Waals surface area contributed by atoms with Crippen molar-refractivity contribution in [2.75, 3.05) is 19.8 Å². The van der Waals surface area contributed by atoms with E-state index in [2.05, 4.69) is 22.0 Å². The fourth-order valence-corrected chi connectivity index (χ4v) is 3.42. The zero-order valence-corrected chi connectivity index (χ0v) is 20.0. The van der Waals surface area contributed by atoms with E-state index >= 15 is 0 Å². The van der Waals surface area contributed by atoms with Crippen molar-refractivity contribution in [3.05, 3.63) is 29.5 Å². The Morgan fingerprint density at radius 1 is 1.09 bits per heavy atom. The Balaban J connectivity index is 2.15. The summed E-state index contributed by atoms with van der Waals surface area (Å²) in [7, 11) is 0. The van der Waals surface area contributed by atoms with E-state index in [1.54, 1.807) is 32.9 Å². The first-order valence-electron chi connectivity index (χ1n) is 11.2. The molecule has 0 unspecified atom stereocenters. The number of unbranched alkanes of at least 4 members (excludes halogenated alkanes) is 1. The number of ether oxygens (including phenoxy) is 3. The lowest BCUT2D eigenvalue weighted by molar-refractivity contribution is -0.141. The molecule has 2 rings (SSSR count). The summed E-state index contributed by atoms with van der Waals surface area (Å²) in [6, 6.07) is 5.40. The van der Waals surface area contributed by atoms with Crippen LogP contribution >= 0.6 is 0 Å². The van der Waals surface area contributed by atoms with Crippen molar-refractivity contribution in [3.8, 4) is 5.75 Å². The summed E-state index contributed by atoms with van der Waals surface area (Å²) < 4.78 is 17.8. The standard InChI is InChI=1S/C24H33N3O6/c1-6-9-12-27-17(5)23(24(30)32-8-3)19-14-18(10-11-20(19)27)33-15-21(28)26-25-16(4)13-22(29)31-7-2/h10-11,14H,6-9,12-13,15H2,1-5H3,(H,26,28)/b25-16-. The minimum absolute atomic E-state index is 0.00332. The van der Waals surface area contributed by atoms with Gasteiger partial charge >= 0.3 is 11.9 Å². The summed E-state index contributed by atoms with van der Waals surface area (Å²) in [4.78, 5) is 36.2. The third-order valence-corrected chi connectivity index (χ3v) is 4.96. The number of aryl methyl sites for hydroxylation is 1. The van der Waals surface area contributed by atoms with Crippen LogP contribution in [0.3, 0.4) is 0 Å². The molecule has 180 valence electrons. The minimum atomic E-state index is -0.472. The molecule has 0 aliphatic rings. The maximum absolute atomic E-state index is 12.6. The van der Waals surface area contributed by atoms with E-state index in [1.807, 2.05) is 13.0 Å². The van der Waals surface area contributed by atoms with Crippen LogP contribution in [-0.4, -0.2) is 47.9 Å². The molecule has 0 saturated carbocycles. The molecule has 33 heavy (non-hydrogen) atoms.